The van der Waals surface area contributed by atoms with E-state index >= 15 is 0 Å². The van der Waals surface area contributed by atoms with Gasteiger partial charge in [0.25, 0.3) is 10.0 Å². The van der Waals surface area contributed by atoms with E-state index in [1.807, 2.05) is 30.3 Å². The fraction of sp³-hybridized carbons (Fsp3) is 0.185. The number of anilines is 1. The van der Waals surface area contributed by atoms with E-state index in [1.165, 1.54) is 29.3 Å². The molecule has 0 fully saturated rings. The van der Waals surface area contributed by atoms with Gasteiger partial charge in [-0.3, -0.25) is 9.59 Å². The van der Waals surface area contributed by atoms with E-state index in [1.54, 1.807) is 31.2 Å². The smallest absolute Gasteiger partial charge is 0.315 e. The van der Waals surface area contributed by atoms with E-state index < -0.39 is 21.9 Å². The summed E-state index contributed by atoms with van der Waals surface area (Å²) >= 11 is 5.87. The Labute approximate surface area is 231 Å². The monoisotopic (exact) mass is 567 g/mol. The van der Waals surface area contributed by atoms with Crippen molar-refractivity contribution in [3.63, 3.8) is 0 Å². The van der Waals surface area contributed by atoms with E-state index in [0.717, 1.165) is 11.1 Å². The van der Waals surface area contributed by atoms with E-state index in [0.29, 0.717) is 16.4 Å². The maximum Gasteiger partial charge on any atom is 0.315 e. The Morgan fingerprint density at radius 3 is 2.38 bits per heavy atom. The zero-order valence-electron chi connectivity index (χ0n) is 21.0. The molecule has 3 aromatic carbocycles. The number of nitrogens with one attached hydrogen (secondary N) is 1. The number of halogens is 1. The number of sulfonamides is 1. The summed E-state index contributed by atoms with van der Waals surface area (Å²) in [5, 5.41) is 9.03. The van der Waals surface area contributed by atoms with Crippen LogP contribution in [-0.2, 0) is 24.3 Å². The van der Waals surface area contributed by atoms with Crippen molar-refractivity contribution in [1.82, 2.24) is 5.01 Å². The van der Waals surface area contributed by atoms with Crippen molar-refractivity contribution in [3.05, 3.63) is 95.0 Å². The van der Waals surface area contributed by atoms with E-state index in [-0.39, 0.29) is 36.3 Å². The highest BCUT2D eigenvalue weighted by molar-refractivity contribution is 7.90. The van der Waals surface area contributed by atoms with Crippen LogP contribution in [0.25, 0.3) is 0 Å². The van der Waals surface area contributed by atoms with Gasteiger partial charge in [0.2, 0.25) is 11.9 Å². The first kappa shape index (κ1) is 27.8. The molecule has 12 heteroatoms. The van der Waals surface area contributed by atoms with Gasteiger partial charge in [-0.15, -0.1) is 4.40 Å². The van der Waals surface area contributed by atoms with Gasteiger partial charge in [-0.2, -0.15) is 13.5 Å². The molecule has 10 nitrogen and oxygen atoms in total. The number of rotatable bonds is 8. The fourth-order valence-corrected chi connectivity index (χ4v) is 5.01. The highest BCUT2D eigenvalue weighted by atomic mass is 35.5. The highest BCUT2D eigenvalue weighted by Gasteiger charge is 2.31. The zero-order chi connectivity index (χ0) is 28.0. The summed E-state index contributed by atoms with van der Waals surface area (Å²) in [5.74, 6) is -1.60. The minimum Gasteiger partial charge on any atom is -0.466 e. The molecule has 1 atom stereocenters. The minimum absolute atomic E-state index is 0.0431. The topological polar surface area (TPSA) is 144 Å². The lowest BCUT2D eigenvalue weighted by Gasteiger charge is -2.16. The van der Waals surface area contributed by atoms with Gasteiger partial charge in [-0.25, -0.2) is 5.01 Å². The molecule has 1 aliphatic rings. The Morgan fingerprint density at radius 1 is 1.08 bits per heavy atom. The number of carbonyl (C=O) groups excluding carboxylic acids is 2. The number of ether oxygens (including phenoxy) is 1. The number of amides is 1. The van der Waals surface area contributed by atoms with Crippen molar-refractivity contribution >= 4 is 50.9 Å². The number of hydrogen-bond acceptors (Lipinski definition) is 6. The predicted molar refractivity (Wildman–Crippen MR) is 149 cm³/mol. The van der Waals surface area contributed by atoms with Gasteiger partial charge in [-0.05, 0) is 54.4 Å². The molecule has 4 rings (SSSR count). The van der Waals surface area contributed by atoms with E-state index in [2.05, 4.69) is 14.8 Å². The number of carbonyl (C=O) groups is 2. The van der Waals surface area contributed by atoms with Gasteiger partial charge in [0.05, 0.1) is 23.8 Å². The summed E-state index contributed by atoms with van der Waals surface area (Å²) in [6, 6.07) is 22.2. The molecule has 1 unspecified atom stereocenters. The van der Waals surface area contributed by atoms with Crippen LogP contribution in [0.1, 0.15) is 30.4 Å². The second kappa shape index (κ2) is 12.1. The number of hydrazone groups is 1. The summed E-state index contributed by atoms with van der Waals surface area (Å²) in [4.78, 5) is 23.6. The molecule has 0 bridgehead atoms. The Hall–Kier alpha value is -4.22. The quantitative estimate of drug-likeness (QED) is 0.183. The van der Waals surface area contributed by atoms with Crippen molar-refractivity contribution in [2.24, 2.45) is 15.2 Å². The number of guanidine groups is 1. The Kier molecular flexibility index (Phi) is 8.62. The van der Waals surface area contributed by atoms with Crippen molar-refractivity contribution in [3.8, 4) is 0 Å². The van der Waals surface area contributed by atoms with Crippen molar-refractivity contribution in [1.29, 1.82) is 0 Å². The van der Waals surface area contributed by atoms with E-state index in [4.69, 9.17) is 22.1 Å². The van der Waals surface area contributed by atoms with Gasteiger partial charge >= 0.3 is 5.97 Å². The Balaban J connectivity index is 1.59. The lowest BCUT2D eigenvalue weighted by Crippen LogP contribution is -2.33. The lowest BCUT2D eigenvalue weighted by molar-refractivity contribution is -0.145. The molecule has 3 aromatic rings. The Bertz CT molecular complexity index is 1510. The third-order valence-electron chi connectivity index (χ3n) is 5.78. The summed E-state index contributed by atoms with van der Waals surface area (Å²) < 4.78 is 34.2. The molecule has 0 spiro atoms. The van der Waals surface area contributed by atoms with Crippen LogP contribution in [-0.4, -0.2) is 50.1 Å². The van der Waals surface area contributed by atoms with Gasteiger partial charge < -0.3 is 15.8 Å². The van der Waals surface area contributed by atoms with Gasteiger partial charge in [0.15, 0.2) is 0 Å². The summed E-state index contributed by atoms with van der Waals surface area (Å²) in [5.41, 5.74) is 8.97. The zero-order valence-corrected chi connectivity index (χ0v) is 22.5. The minimum atomic E-state index is -4.09. The molecule has 0 aliphatic carbocycles. The second-order valence-electron chi connectivity index (χ2n) is 8.52. The summed E-state index contributed by atoms with van der Waals surface area (Å²) in [7, 11) is -4.09. The molecule has 1 heterocycles. The van der Waals surface area contributed by atoms with Gasteiger partial charge in [0.1, 0.15) is 6.42 Å². The lowest BCUT2D eigenvalue weighted by atomic mass is 9.90. The first-order chi connectivity index (χ1) is 18.7. The second-order valence-corrected chi connectivity index (χ2v) is 10.6. The first-order valence-electron chi connectivity index (χ1n) is 12.0. The van der Waals surface area contributed by atoms with Crippen molar-refractivity contribution in [2.75, 3.05) is 18.5 Å². The summed E-state index contributed by atoms with van der Waals surface area (Å²) in [6.07, 6.45) is -0.384. The Morgan fingerprint density at radius 2 is 1.74 bits per heavy atom. The van der Waals surface area contributed by atoms with Crippen LogP contribution in [0.15, 0.2) is 93.3 Å². The molecule has 39 heavy (non-hydrogen) atoms. The van der Waals surface area contributed by atoms with Crippen LogP contribution >= 0.6 is 11.6 Å². The molecule has 0 saturated carbocycles. The van der Waals surface area contributed by atoms with E-state index in [9.17, 15) is 18.0 Å². The number of benzene rings is 3. The standard InChI is InChI=1S/C27H26ClN5O5S/c1-2-38-25(35)16-24(34)30-21-12-8-19(9-13-21)26-23(18-6-4-3-5-7-18)17-33(31-26)27(29)32-39(36,37)22-14-10-20(28)11-15-22/h3-15,23H,2,16-17H2,1H3,(H2,29,32)(H,30,34). The maximum atomic E-state index is 12.8. The number of hydrogen-bond donors (Lipinski definition) is 2. The number of nitrogens with zero attached hydrogens (tertiary/aromatic N) is 3. The summed E-state index contributed by atoms with van der Waals surface area (Å²) in [6.45, 7) is 2.13. The van der Waals surface area contributed by atoms with Crippen LogP contribution in [0.2, 0.25) is 5.02 Å². The molecule has 1 aliphatic heterocycles. The number of nitrogens with two attached hydrogens (primary N) is 1. The molecule has 202 valence electrons. The first-order valence-corrected chi connectivity index (χ1v) is 13.8. The maximum absolute atomic E-state index is 12.8. The molecular formula is C27H26ClN5O5S. The van der Waals surface area contributed by atoms with Crippen molar-refractivity contribution < 1.29 is 22.7 Å². The van der Waals surface area contributed by atoms with Crippen LogP contribution in [0.3, 0.4) is 0 Å². The van der Waals surface area contributed by atoms with Crippen LogP contribution < -0.4 is 11.1 Å². The van der Waals surface area contributed by atoms with Gasteiger partial charge in [-0.1, -0.05) is 54.1 Å². The molecule has 0 aromatic heterocycles. The third-order valence-corrected chi connectivity index (χ3v) is 7.33. The molecule has 1 amide bonds. The SMILES string of the molecule is CCOC(=O)CC(=O)Nc1ccc(C2=NN(/C(N)=N/S(=O)(=O)c3ccc(Cl)cc3)CC2c2ccccc2)cc1. The third kappa shape index (κ3) is 7.01. The molecule has 0 radical (unpaired) electrons. The van der Waals surface area contributed by atoms with Gasteiger partial charge in [0, 0.05) is 16.6 Å². The molecule has 0 saturated heterocycles. The van der Waals surface area contributed by atoms with Crippen LogP contribution in [0, 0.1) is 0 Å². The number of esters is 1. The molecule has 3 N–H and O–H groups in total. The van der Waals surface area contributed by atoms with Crippen LogP contribution in [0.4, 0.5) is 5.69 Å². The normalized spacial score (nSPS) is 15.5. The van der Waals surface area contributed by atoms with Crippen LogP contribution in [0.5, 0.6) is 0 Å². The highest BCUT2D eigenvalue weighted by Crippen LogP contribution is 2.29. The average Bonchev–Trinajstić information content (AvgIpc) is 3.35. The fourth-order valence-electron chi connectivity index (χ4n) is 3.95. The average molecular weight is 568 g/mol. The molecular weight excluding hydrogens is 542 g/mol. The largest absolute Gasteiger partial charge is 0.466 e. The predicted octanol–water partition coefficient (Wildman–Crippen LogP) is 3.74. The van der Waals surface area contributed by atoms with Crippen molar-refractivity contribution in [2.45, 2.75) is 24.2 Å².